The van der Waals surface area contributed by atoms with Crippen molar-refractivity contribution in [2.75, 3.05) is 20.3 Å². The Morgan fingerprint density at radius 3 is 2.38 bits per heavy atom. The van der Waals surface area contributed by atoms with Crippen LogP contribution in [-0.2, 0) is 30.3 Å². The molecule has 1 rings (SSSR count). The molecule has 0 saturated carbocycles. The number of methoxy groups -OCH3 is 1. The predicted octanol–water partition coefficient (Wildman–Crippen LogP) is 0.493. The third-order valence-electron chi connectivity index (χ3n) is 2.74. The highest BCUT2D eigenvalue weighted by molar-refractivity contribution is 5.88. The zero-order valence-electron chi connectivity index (χ0n) is 12.1. The molecule has 1 aromatic rings. The van der Waals surface area contributed by atoms with Gasteiger partial charge in [0.25, 0.3) is 5.91 Å². The number of rotatable bonds is 8. The molecule has 1 N–H and O–H groups in total. The Morgan fingerprint density at radius 2 is 1.81 bits per heavy atom. The first-order valence-corrected chi connectivity index (χ1v) is 6.51. The maximum atomic E-state index is 11.7. The van der Waals surface area contributed by atoms with E-state index in [1.165, 1.54) is 14.0 Å². The molecule has 6 nitrogen and oxygen atoms in total. The SMILES string of the molecule is COCC(=O)OCC(=O)N[C@@H](Cc1ccccc1)C(C)=O. The van der Waals surface area contributed by atoms with Crippen molar-refractivity contribution in [3.8, 4) is 0 Å². The largest absolute Gasteiger partial charge is 0.454 e. The normalized spacial score (nSPS) is 11.5. The lowest BCUT2D eigenvalue weighted by atomic mass is 10.0. The van der Waals surface area contributed by atoms with Gasteiger partial charge in [0.05, 0.1) is 6.04 Å². The quantitative estimate of drug-likeness (QED) is 0.706. The lowest BCUT2D eigenvalue weighted by Crippen LogP contribution is -2.43. The Labute approximate surface area is 123 Å². The van der Waals surface area contributed by atoms with Gasteiger partial charge in [-0.1, -0.05) is 30.3 Å². The van der Waals surface area contributed by atoms with Gasteiger partial charge in [-0.2, -0.15) is 0 Å². The maximum absolute atomic E-state index is 11.7. The highest BCUT2D eigenvalue weighted by atomic mass is 16.6. The first-order valence-electron chi connectivity index (χ1n) is 6.51. The summed E-state index contributed by atoms with van der Waals surface area (Å²) in [5.41, 5.74) is 0.939. The average Bonchev–Trinajstić information content (AvgIpc) is 2.46. The van der Waals surface area contributed by atoms with Gasteiger partial charge in [0.2, 0.25) is 0 Å². The number of benzene rings is 1. The number of nitrogens with one attached hydrogen (secondary N) is 1. The van der Waals surface area contributed by atoms with Crippen molar-refractivity contribution in [3.63, 3.8) is 0 Å². The van der Waals surface area contributed by atoms with Gasteiger partial charge in [-0.3, -0.25) is 9.59 Å². The number of amides is 1. The van der Waals surface area contributed by atoms with E-state index in [1.54, 1.807) is 0 Å². The van der Waals surface area contributed by atoms with Crippen molar-refractivity contribution < 1.29 is 23.9 Å². The van der Waals surface area contributed by atoms with Crippen molar-refractivity contribution in [2.45, 2.75) is 19.4 Å². The highest BCUT2D eigenvalue weighted by Gasteiger charge is 2.18. The summed E-state index contributed by atoms with van der Waals surface area (Å²) in [6, 6.07) is 8.71. The van der Waals surface area contributed by atoms with Gasteiger partial charge in [-0.05, 0) is 18.9 Å². The van der Waals surface area contributed by atoms with E-state index in [9.17, 15) is 14.4 Å². The minimum absolute atomic E-state index is 0.157. The molecule has 21 heavy (non-hydrogen) atoms. The Bertz CT molecular complexity index is 486. The molecule has 1 amide bonds. The van der Waals surface area contributed by atoms with Crippen molar-refractivity contribution in [1.29, 1.82) is 0 Å². The third kappa shape index (κ3) is 6.67. The lowest BCUT2D eigenvalue weighted by Gasteiger charge is -2.16. The summed E-state index contributed by atoms with van der Waals surface area (Å²) in [5, 5.41) is 2.56. The van der Waals surface area contributed by atoms with Crippen LogP contribution in [0.3, 0.4) is 0 Å². The molecule has 0 heterocycles. The second kappa shape index (κ2) is 8.86. The monoisotopic (exact) mass is 293 g/mol. The van der Waals surface area contributed by atoms with Crippen LogP contribution >= 0.6 is 0 Å². The molecule has 0 aliphatic carbocycles. The standard InChI is InChI=1S/C15H19NO5/c1-11(17)13(8-12-6-4-3-5-7-12)16-14(18)9-21-15(19)10-20-2/h3-7,13H,8-10H2,1-2H3,(H,16,18)/t13-/m0/s1. The molecule has 114 valence electrons. The molecule has 1 atom stereocenters. The van der Waals surface area contributed by atoms with E-state index in [-0.39, 0.29) is 12.4 Å². The molecule has 6 heteroatoms. The third-order valence-corrected chi connectivity index (χ3v) is 2.74. The fourth-order valence-electron chi connectivity index (χ4n) is 1.69. The number of hydrogen-bond acceptors (Lipinski definition) is 5. The first kappa shape index (κ1) is 16.8. The van der Waals surface area contributed by atoms with Gasteiger partial charge in [-0.15, -0.1) is 0 Å². The summed E-state index contributed by atoms with van der Waals surface area (Å²) in [6.07, 6.45) is 0.397. The number of carbonyl (C=O) groups is 3. The summed E-state index contributed by atoms with van der Waals surface area (Å²) >= 11 is 0. The lowest BCUT2D eigenvalue weighted by molar-refractivity contribution is -0.152. The summed E-state index contributed by atoms with van der Waals surface area (Å²) in [7, 11) is 1.35. The first-order chi connectivity index (χ1) is 10.0. The summed E-state index contributed by atoms with van der Waals surface area (Å²) in [4.78, 5) is 34.3. The number of ketones is 1. The van der Waals surface area contributed by atoms with Crippen LogP contribution in [0, 0.1) is 0 Å². The van der Waals surface area contributed by atoms with Crippen LogP contribution in [0.15, 0.2) is 30.3 Å². The summed E-state index contributed by atoms with van der Waals surface area (Å²) in [6.45, 7) is 0.763. The van der Waals surface area contributed by atoms with E-state index in [0.717, 1.165) is 5.56 Å². The summed E-state index contributed by atoms with van der Waals surface area (Å²) in [5.74, 6) is -1.30. The number of ether oxygens (including phenoxy) is 2. The molecule has 0 fully saturated rings. The van der Waals surface area contributed by atoms with E-state index in [1.807, 2.05) is 30.3 Å². The second-order valence-electron chi connectivity index (χ2n) is 4.51. The van der Waals surface area contributed by atoms with Crippen molar-refractivity contribution in [2.24, 2.45) is 0 Å². The van der Waals surface area contributed by atoms with Gasteiger partial charge in [0, 0.05) is 7.11 Å². The van der Waals surface area contributed by atoms with Gasteiger partial charge >= 0.3 is 5.97 Å². The van der Waals surface area contributed by atoms with E-state index < -0.39 is 24.5 Å². The predicted molar refractivity (Wildman–Crippen MR) is 75.6 cm³/mol. The molecular weight excluding hydrogens is 274 g/mol. The number of esters is 1. The minimum Gasteiger partial charge on any atom is -0.454 e. The number of hydrogen-bond donors (Lipinski definition) is 1. The Balaban J connectivity index is 2.49. The zero-order valence-corrected chi connectivity index (χ0v) is 12.1. The molecule has 0 saturated heterocycles. The molecule has 0 aromatic heterocycles. The van der Waals surface area contributed by atoms with Crippen LogP contribution < -0.4 is 5.32 Å². The topological polar surface area (TPSA) is 81.7 Å². The van der Waals surface area contributed by atoms with Gasteiger partial charge in [0.15, 0.2) is 12.4 Å². The van der Waals surface area contributed by atoms with Crippen molar-refractivity contribution in [1.82, 2.24) is 5.32 Å². The molecule has 0 radical (unpaired) electrons. The fraction of sp³-hybridized carbons (Fsp3) is 0.400. The smallest absolute Gasteiger partial charge is 0.332 e. The second-order valence-corrected chi connectivity index (χ2v) is 4.51. The number of carbonyl (C=O) groups excluding carboxylic acids is 3. The Morgan fingerprint density at radius 1 is 1.14 bits per heavy atom. The van der Waals surface area contributed by atoms with Gasteiger partial charge in [0.1, 0.15) is 6.61 Å². The van der Waals surface area contributed by atoms with E-state index in [4.69, 9.17) is 0 Å². The maximum Gasteiger partial charge on any atom is 0.332 e. The van der Waals surface area contributed by atoms with E-state index >= 15 is 0 Å². The number of Topliss-reactive ketones (excluding diaryl/α,β-unsaturated/α-hetero) is 1. The summed E-state index contributed by atoms with van der Waals surface area (Å²) < 4.78 is 9.26. The van der Waals surface area contributed by atoms with E-state index in [2.05, 4.69) is 14.8 Å². The van der Waals surface area contributed by atoms with Crippen LogP contribution in [0.4, 0.5) is 0 Å². The van der Waals surface area contributed by atoms with Crippen LogP contribution in [0.1, 0.15) is 12.5 Å². The minimum atomic E-state index is -0.638. The fourth-order valence-corrected chi connectivity index (χ4v) is 1.69. The van der Waals surface area contributed by atoms with Gasteiger partial charge in [-0.25, -0.2) is 4.79 Å². The van der Waals surface area contributed by atoms with Crippen LogP contribution in [0.5, 0.6) is 0 Å². The molecule has 0 aliphatic heterocycles. The van der Waals surface area contributed by atoms with Crippen LogP contribution in [0.2, 0.25) is 0 Å². The van der Waals surface area contributed by atoms with Crippen molar-refractivity contribution in [3.05, 3.63) is 35.9 Å². The Hall–Kier alpha value is -2.21. The van der Waals surface area contributed by atoms with Gasteiger partial charge < -0.3 is 14.8 Å². The molecule has 0 unspecified atom stereocenters. The average molecular weight is 293 g/mol. The van der Waals surface area contributed by atoms with Crippen LogP contribution in [-0.4, -0.2) is 44.0 Å². The molecule has 0 spiro atoms. The van der Waals surface area contributed by atoms with E-state index in [0.29, 0.717) is 6.42 Å². The van der Waals surface area contributed by atoms with Crippen molar-refractivity contribution >= 4 is 17.7 Å². The molecular formula is C15H19NO5. The Kier molecular flexibility index (Phi) is 7.11. The highest BCUT2D eigenvalue weighted by Crippen LogP contribution is 2.04. The molecule has 1 aromatic carbocycles. The molecule has 0 bridgehead atoms. The zero-order chi connectivity index (χ0) is 15.7. The van der Waals surface area contributed by atoms with Crippen LogP contribution in [0.25, 0.3) is 0 Å². The molecule has 0 aliphatic rings.